The van der Waals surface area contributed by atoms with Crippen molar-refractivity contribution in [1.29, 1.82) is 0 Å². The van der Waals surface area contributed by atoms with Gasteiger partial charge in [-0.3, -0.25) is 14.4 Å². The lowest BCUT2D eigenvalue weighted by Crippen LogP contribution is -2.30. The van der Waals surface area contributed by atoms with E-state index in [2.05, 4.69) is 34.6 Å². The molecule has 0 rings (SSSR count). The van der Waals surface area contributed by atoms with E-state index in [0.717, 1.165) is 69.6 Å². The van der Waals surface area contributed by atoms with Crippen LogP contribution < -0.4 is 0 Å². The minimum absolute atomic E-state index is 0.0629. The van der Waals surface area contributed by atoms with Crippen LogP contribution >= 0.6 is 0 Å². The third kappa shape index (κ3) is 49.8. The zero-order valence-electron chi connectivity index (χ0n) is 43.9. The molecule has 0 saturated carbocycles. The monoisotopic (exact) mass is 905 g/mol. The van der Waals surface area contributed by atoms with E-state index in [0.29, 0.717) is 19.3 Å². The maximum atomic E-state index is 12.8. The molecule has 0 amide bonds. The fourth-order valence-corrected chi connectivity index (χ4v) is 8.84. The maximum absolute atomic E-state index is 12.8. The van der Waals surface area contributed by atoms with E-state index in [4.69, 9.17) is 14.2 Å². The molecule has 0 radical (unpaired) electrons. The predicted octanol–water partition coefficient (Wildman–Crippen LogP) is 18.9. The topological polar surface area (TPSA) is 78.9 Å². The van der Waals surface area contributed by atoms with E-state index in [1.807, 2.05) is 0 Å². The second kappa shape index (κ2) is 50.8. The van der Waals surface area contributed by atoms with E-state index in [1.165, 1.54) is 212 Å². The Labute approximate surface area is 399 Å². The summed E-state index contributed by atoms with van der Waals surface area (Å²) in [5.74, 6) is 0.867. The van der Waals surface area contributed by atoms with Crippen LogP contribution in [0.3, 0.4) is 0 Å². The van der Waals surface area contributed by atoms with Gasteiger partial charge < -0.3 is 14.2 Å². The summed E-state index contributed by atoms with van der Waals surface area (Å²) in [5.41, 5.74) is 0. The van der Waals surface area contributed by atoms with Gasteiger partial charge in [0.2, 0.25) is 0 Å². The molecular formula is C58H112O6. The third-order valence-electron chi connectivity index (χ3n) is 13.6. The molecule has 2 atom stereocenters. The van der Waals surface area contributed by atoms with Crippen LogP contribution in [0, 0.1) is 11.8 Å². The van der Waals surface area contributed by atoms with Crippen LogP contribution in [0.4, 0.5) is 0 Å². The minimum atomic E-state index is -0.763. The molecule has 0 N–H and O–H groups in total. The average molecular weight is 906 g/mol. The number of hydrogen-bond donors (Lipinski definition) is 0. The largest absolute Gasteiger partial charge is 0.462 e. The molecule has 0 aromatic heterocycles. The molecule has 0 aromatic rings. The fourth-order valence-electron chi connectivity index (χ4n) is 8.84. The van der Waals surface area contributed by atoms with Gasteiger partial charge in [-0.2, -0.15) is 0 Å². The molecule has 0 aliphatic carbocycles. The lowest BCUT2D eigenvalue weighted by Gasteiger charge is -2.18. The van der Waals surface area contributed by atoms with Crippen LogP contribution in [-0.2, 0) is 28.6 Å². The third-order valence-corrected chi connectivity index (χ3v) is 13.6. The molecule has 0 fully saturated rings. The summed E-state index contributed by atoms with van der Waals surface area (Å²) in [5, 5.41) is 0. The van der Waals surface area contributed by atoms with Crippen molar-refractivity contribution in [3.8, 4) is 0 Å². The average Bonchev–Trinajstić information content (AvgIpc) is 3.28. The molecule has 0 saturated heterocycles. The number of rotatable bonds is 52. The van der Waals surface area contributed by atoms with Crippen LogP contribution in [-0.4, -0.2) is 37.2 Å². The summed E-state index contributed by atoms with van der Waals surface area (Å²) in [4.78, 5) is 38.1. The highest BCUT2D eigenvalue weighted by Crippen LogP contribution is 2.18. The SMILES string of the molecule is CCCCCCCCCCCCCCCCCCC(=O)OC[C@@H](COC(=O)CCCCCCCCCCCCCCCC(C)C)OC(=O)CCCCCCCCCCCCC(C)CC. The summed E-state index contributed by atoms with van der Waals surface area (Å²) in [7, 11) is 0. The Morgan fingerprint density at radius 1 is 0.328 bits per heavy atom. The molecule has 6 heteroatoms. The van der Waals surface area contributed by atoms with Crippen molar-refractivity contribution in [2.45, 2.75) is 330 Å². The number of ether oxygens (including phenoxy) is 3. The fraction of sp³-hybridized carbons (Fsp3) is 0.948. The summed E-state index contributed by atoms with van der Waals surface area (Å²) >= 11 is 0. The van der Waals surface area contributed by atoms with Gasteiger partial charge >= 0.3 is 17.9 Å². The van der Waals surface area contributed by atoms with Gasteiger partial charge in [0.05, 0.1) is 0 Å². The van der Waals surface area contributed by atoms with Crippen molar-refractivity contribution in [2.75, 3.05) is 13.2 Å². The Hall–Kier alpha value is -1.59. The quantitative estimate of drug-likeness (QED) is 0.0344. The lowest BCUT2D eigenvalue weighted by atomic mass is 9.99. The van der Waals surface area contributed by atoms with E-state index in [9.17, 15) is 14.4 Å². The van der Waals surface area contributed by atoms with Crippen LogP contribution in [0.25, 0.3) is 0 Å². The van der Waals surface area contributed by atoms with Crippen LogP contribution in [0.15, 0.2) is 0 Å². The standard InChI is InChI=1S/C58H112O6/c1-6-8-9-10-11-12-13-14-15-16-19-22-28-33-38-43-48-56(59)62-51-55(64-58(61)50-45-40-35-30-25-24-27-32-37-42-47-54(5)7-2)52-63-57(60)49-44-39-34-29-23-20-17-18-21-26-31-36-41-46-53(3)4/h53-55H,6-52H2,1-5H3/t54?,55-/m0/s1. The van der Waals surface area contributed by atoms with E-state index >= 15 is 0 Å². The molecule has 64 heavy (non-hydrogen) atoms. The van der Waals surface area contributed by atoms with Gasteiger partial charge in [-0.05, 0) is 31.1 Å². The highest BCUT2D eigenvalue weighted by atomic mass is 16.6. The van der Waals surface area contributed by atoms with Crippen molar-refractivity contribution in [1.82, 2.24) is 0 Å². The van der Waals surface area contributed by atoms with Crippen LogP contribution in [0.1, 0.15) is 324 Å². The normalized spacial score (nSPS) is 12.5. The highest BCUT2D eigenvalue weighted by molar-refractivity contribution is 5.71. The van der Waals surface area contributed by atoms with Gasteiger partial charge in [-0.15, -0.1) is 0 Å². The van der Waals surface area contributed by atoms with Gasteiger partial charge in [-0.1, -0.05) is 285 Å². The molecule has 0 aliphatic heterocycles. The highest BCUT2D eigenvalue weighted by Gasteiger charge is 2.19. The van der Waals surface area contributed by atoms with Gasteiger partial charge in [0.1, 0.15) is 13.2 Å². The Bertz CT molecular complexity index is 980. The molecule has 0 aromatic carbocycles. The van der Waals surface area contributed by atoms with Gasteiger partial charge in [0, 0.05) is 19.3 Å². The Morgan fingerprint density at radius 2 is 0.594 bits per heavy atom. The molecule has 1 unspecified atom stereocenters. The molecular weight excluding hydrogens is 793 g/mol. The lowest BCUT2D eigenvalue weighted by molar-refractivity contribution is -0.167. The summed E-state index contributed by atoms with van der Waals surface area (Å²) in [6.45, 7) is 11.4. The zero-order chi connectivity index (χ0) is 46.8. The second-order valence-corrected chi connectivity index (χ2v) is 20.6. The number of carbonyl (C=O) groups is 3. The first-order valence-electron chi connectivity index (χ1n) is 28.8. The van der Waals surface area contributed by atoms with Gasteiger partial charge in [0.15, 0.2) is 6.10 Å². The van der Waals surface area contributed by atoms with Crippen molar-refractivity contribution >= 4 is 17.9 Å². The van der Waals surface area contributed by atoms with E-state index < -0.39 is 6.10 Å². The van der Waals surface area contributed by atoms with Crippen molar-refractivity contribution in [3.05, 3.63) is 0 Å². The summed E-state index contributed by atoms with van der Waals surface area (Å²) in [6.07, 6.45) is 53.7. The summed E-state index contributed by atoms with van der Waals surface area (Å²) in [6, 6.07) is 0. The van der Waals surface area contributed by atoms with Crippen LogP contribution in [0.5, 0.6) is 0 Å². The predicted molar refractivity (Wildman–Crippen MR) is 275 cm³/mol. The second-order valence-electron chi connectivity index (χ2n) is 20.6. The van der Waals surface area contributed by atoms with E-state index in [-0.39, 0.29) is 31.1 Å². The molecule has 0 spiro atoms. The molecule has 0 heterocycles. The first-order valence-corrected chi connectivity index (χ1v) is 28.8. The van der Waals surface area contributed by atoms with Gasteiger partial charge in [-0.25, -0.2) is 0 Å². The van der Waals surface area contributed by atoms with Crippen molar-refractivity contribution in [3.63, 3.8) is 0 Å². The number of carbonyl (C=O) groups excluding carboxylic acids is 3. The molecule has 380 valence electrons. The summed E-state index contributed by atoms with van der Waals surface area (Å²) < 4.78 is 16.9. The maximum Gasteiger partial charge on any atom is 0.306 e. The Kier molecular flexibility index (Phi) is 49.6. The van der Waals surface area contributed by atoms with Gasteiger partial charge in [0.25, 0.3) is 0 Å². The van der Waals surface area contributed by atoms with Crippen molar-refractivity contribution in [2.24, 2.45) is 11.8 Å². The number of hydrogen-bond acceptors (Lipinski definition) is 6. The molecule has 0 aliphatic rings. The first-order chi connectivity index (χ1) is 31.3. The Morgan fingerprint density at radius 3 is 0.891 bits per heavy atom. The smallest absolute Gasteiger partial charge is 0.306 e. The Balaban J connectivity index is 4.31. The zero-order valence-corrected chi connectivity index (χ0v) is 43.9. The van der Waals surface area contributed by atoms with Crippen molar-refractivity contribution < 1.29 is 28.6 Å². The molecule has 6 nitrogen and oxygen atoms in total. The molecule has 0 bridgehead atoms. The minimum Gasteiger partial charge on any atom is -0.462 e. The number of esters is 3. The van der Waals surface area contributed by atoms with E-state index in [1.54, 1.807) is 0 Å². The number of unbranched alkanes of at least 4 members (excludes halogenated alkanes) is 36. The first kappa shape index (κ1) is 62.4. The van der Waals surface area contributed by atoms with Crippen LogP contribution in [0.2, 0.25) is 0 Å².